The lowest BCUT2D eigenvalue weighted by atomic mass is 10.0. The fourth-order valence-electron chi connectivity index (χ4n) is 2.48. The third-order valence-electron chi connectivity index (χ3n) is 3.81. The van der Waals surface area contributed by atoms with Crippen LogP contribution in [0.2, 0.25) is 0 Å². The molecule has 142 valence electrons. The molecule has 0 unspecified atom stereocenters. The Morgan fingerprint density at radius 3 is 2.07 bits per heavy atom. The molecule has 0 aliphatic heterocycles. The van der Waals surface area contributed by atoms with Crippen LogP contribution in [-0.4, -0.2) is 44.5 Å². The summed E-state index contributed by atoms with van der Waals surface area (Å²) in [4.78, 5) is 15.3. The standard InChI is InChI=1S/C20H21NO6/c1-12(13-10-17(25-3)20(27-5)18(11-13)26-4)14-6-8-16(24-2)15(21-14)7-9-19(22)23/h6-11H,1H2,2-5H3,(H,22,23). The lowest BCUT2D eigenvalue weighted by Gasteiger charge is -2.15. The Morgan fingerprint density at radius 1 is 1.00 bits per heavy atom. The third-order valence-corrected chi connectivity index (χ3v) is 3.81. The monoisotopic (exact) mass is 371 g/mol. The van der Waals surface area contributed by atoms with Crippen LogP contribution in [0.5, 0.6) is 23.0 Å². The number of carbonyl (C=O) groups is 1. The van der Waals surface area contributed by atoms with E-state index in [9.17, 15) is 4.79 Å². The first kappa shape index (κ1) is 19.8. The fourth-order valence-corrected chi connectivity index (χ4v) is 2.48. The Bertz CT molecular complexity index is 863. The van der Waals surface area contributed by atoms with Crippen LogP contribution in [0.3, 0.4) is 0 Å². The van der Waals surface area contributed by atoms with Gasteiger partial charge in [-0.3, -0.25) is 0 Å². The van der Waals surface area contributed by atoms with E-state index in [1.165, 1.54) is 34.5 Å². The van der Waals surface area contributed by atoms with E-state index in [4.69, 9.17) is 24.1 Å². The molecule has 0 fully saturated rings. The van der Waals surface area contributed by atoms with Crippen LogP contribution in [0.1, 0.15) is 17.0 Å². The van der Waals surface area contributed by atoms with Gasteiger partial charge < -0.3 is 24.1 Å². The van der Waals surface area contributed by atoms with Crippen molar-refractivity contribution in [2.75, 3.05) is 28.4 Å². The molecule has 0 spiro atoms. The minimum Gasteiger partial charge on any atom is -0.494 e. The van der Waals surface area contributed by atoms with Gasteiger partial charge in [-0.1, -0.05) is 6.58 Å². The fraction of sp³-hybridized carbons (Fsp3) is 0.200. The molecular formula is C20H21NO6. The molecule has 0 radical (unpaired) electrons. The summed E-state index contributed by atoms with van der Waals surface area (Å²) in [6.07, 6.45) is 2.37. The van der Waals surface area contributed by atoms with Crippen molar-refractivity contribution in [3.8, 4) is 23.0 Å². The van der Waals surface area contributed by atoms with Gasteiger partial charge >= 0.3 is 5.97 Å². The second kappa shape index (κ2) is 8.75. The van der Waals surface area contributed by atoms with Gasteiger partial charge in [0.05, 0.1) is 34.1 Å². The van der Waals surface area contributed by atoms with E-state index in [1.54, 1.807) is 24.3 Å². The first-order valence-corrected chi connectivity index (χ1v) is 7.90. The van der Waals surface area contributed by atoms with Gasteiger partial charge in [0.15, 0.2) is 11.5 Å². The van der Waals surface area contributed by atoms with Crippen molar-refractivity contribution in [2.45, 2.75) is 0 Å². The van der Waals surface area contributed by atoms with Gasteiger partial charge in [0.25, 0.3) is 0 Å². The van der Waals surface area contributed by atoms with Gasteiger partial charge in [-0.2, -0.15) is 0 Å². The Balaban J connectivity index is 2.51. The third kappa shape index (κ3) is 4.38. The lowest BCUT2D eigenvalue weighted by molar-refractivity contribution is -0.131. The zero-order valence-corrected chi connectivity index (χ0v) is 15.6. The highest BCUT2D eigenvalue weighted by Crippen LogP contribution is 2.40. The molecule has 0 aliphatic carbocycles. The number of hydrogen-bond acceptors (Lipinski definition) is 6. The number of carboxylic acid groups (broad SMARTS) is 1. The molecule has 0 aliphatic rings. The molecule has 27 heavy (non-hydrogen) atoms. The van der Waals surface area contributed by atoms with Gasteiger partial charge in [-0.05, 0) is 35.9 Å². The number of ether oxygens (including phenoxy) is 4. The van der Waals surface area contributed by atoms with E-state index in [1.807, 2.05) is 0 Å². The molecular weight excluding hydrogens is 350 g/mol. The first-order chi connectivity index (χ1) is 12.9. The van der Waals surface area contributed by atoms with Crippen molar-refractivity contribution in [3.05, 3.63) is 53.9 Å². The summed E-state index contributed by atoms with van der Waals surface area (Å²) in [7, 11) is 6.08. The molecule has 2 aromatic rings. The topological polar surface area (TPSA) is 87.1 Å². The van der Waals surface area contributed by atoms with Crippen LogP contribution in [-0.2, 0) is 4.79 Å². The average Bonchev–Trinajstić information content (AvgIpc) is 2.69. The normalized spacial score (nSPS) is 10.5. The highest BCUT2D eigenvalue weighted by Gasteiger charge is 2.16. The van der Waals surface area contributed by atoms with Crippen molar-refractivity contribution in [1.82, 2.24) is 4.98 Å². The van der Waals surface area contributed by atoms with E-state index >= 15 is 0 Å². The van der Waals surface area contributed by atoms with E-state index < -0.39 is 5.97 Å². The van der Waals surface area contributed by atoms with E-state index in [2.05, 4.69) is 11.6 Å². The average molecular weight is 371 g/mol. The summed E-state index contributed by atoms with van der Waals surface area (Å²) < 4.78 is 21.3. The van der Waals surface area contributed by atoms with Crippen LogP contribution in [0.4, 0.5) is 0 Å². The molecule has 1 aromatic carbocycles. The second-order valence-corrected chi connectivity index (χ2v) is 5.35. The van der Waals surface area contributed by atoms with Crippen LogP contribution in [0.25, 0.3) is 11.6 Å². The number of aromatic nitrogens is 1. The molecule has 2 rings (SSSR count). The Hall–Kier alpha value is -3.48. The molecule has 0 amide bonds. The Morgan fingerprint density at radius 2 is 1.59 bits per heavy atom. The molecule has 1 heterocycles. The number of benzene rings is 1. The lowest BCUT2D eigenvalue weighted by Crippen LogP contribution is -1.99. The van der Waals surface area contributed by atoms with Gasteiger partial charge in [0, 0.05) is 11.6 Å². The molecule has 1 aromatic heterocycles. The molecule has 0 bridgehead atoms. The largest absolute Gasteiger partial charge is 0.494 e. The predicted octanol–water partition coefficient (Wildman–Crippen LogP) is 3.28. The quantitative estimate of drug-likeness (QED) is 0.713. The number of methoxy groups -OCH3 is 4. The van der Waals surface area contributed by atoms with Crippen LogP contribution >= 0.6 is 0 Å². The molecule has 1 N–H and O–H groups in total. The molecule has 7 nitrogen and oxygen atoms in total. The van der Waals surface area contributed by atoms with Crippen LogP contribution in [0.15, 0.2) is 36.9 Å². The zero-order valence-electron chi connectivity index (χ0n) is 15.6. The van der Waals surface area contributed by atoms with Crippen molar-refractivity contribution in [3.63, 3.8) is 0 Å². The minimum absolute atomic E-state index is 0.381. The number of carboxylic acids is 1. The Labute approximate surface area is 157 Å². The highest BCUT2D eigenvalue weighted by atomic mass is 16.5. The van der Waals surface area contributed by atoms with Crippen molar-refractivity contribution in [1.29, 1.82) is 0 Å². The molecule has 0 atom stereocenters. The van der Waals surface area contributed by atoms with Gasteiger partial charge in [-0.25, -0.2) is 9.78 Å². The van der Waals surface area contributed by atoms with E-state index in [-0.39, 0.29) is 0 Å². The van der Waals surface area contributed by atoms with Crippen LogP contribution < -0.4 is 18.9 Å². The SMILES string of the molecule is C=C(c1cc(OC)c(OC)c(OC)c1)c1ccc(OC)c(C=CC(=O)O)n1. The minimum atomic E-state index is -1.08. The zero-order chi connectivity index (χ0) is 20.0. The molecule has 0 saturated carbocycles. The maximum atomic E-state index is 10.8. The predicted molar refractivity (Wildman–Crippen MR) is 102 cm³/mol. The van der Waals surface area contributed by atoms with E-state index in [0.29, 0.717) is 40.0 Å². The highest BCUT2D eigenvalue weighted by molar-refractivity contribution is 5.86. The smallest absolute Gasteiger partial charge is 0.328 e. The molecule has 7 heteroatoms. The van der Waals surface area contributed by atoms with E-state index in [0.717, 1.165) is 11.6 Å². The number of hydrogen-bond donors (Lipinski definition) is 1. The second-order valence-electron chi connectivity index (χ2n) is 5.35. The summed E-state index contributed by atoms with van der Waals surface area (Å²) in [6, 6.07) is 6.97. The number of aliphatic carboxylic acids is 1. The summed E-state index contributed by atoms with van der Waals surface area (Å²) in [5.74, 6) is 0.839. The molecule has 0 saturated heterocycles. The van der Waals surface area contributed by atoms with Crippen molar-refractivity contribution >= 4 is 17.6 Å². The summed E-state index contributed by atoms with van der Waals surface area (Å²) in [5, 5.41) is 8.85. The summed E-state index contributed by atoms with van der Waals surface area (Å²) in [5.41, 5.74) is 2.25. The first-order valence-electron chi connectivity index (χ1n) is 7.90. The van der Waals surface area contributed by atoms with Gasteiger partial charge in [0.2, 0.25) is 5.75 Å². The van der Waals surface area contributed by atoms with Crippen molar-refractivity contribution in [2.24, 2.45) is 0 Å². The maximum absolute atomic E-state index is 10.8. The number of pyridine rings is 1. The summed E-state index contributed by atoms with van der Waals surface area (Å²) in [6.45, 7) is 4.10. The number of nitrogens with zero attached hydrogens (tertiary/aromatic N) is 1. The van der Waals surface area contributed by atoms with Crippen molar-refractivity contribution < 1.29 is 28.8 Å². The summed E-state index contributed by atoms with van der Waals surface area (Å²) >= 11 is 0. The van der Waals surface area contributed by atoms with Gasteiger partial charge in [0.1, 0.15) is 11.4 Å². The maximum Gasteiger partial charge on any atom is 0.328 e. The van der Waals surface area contributed by atoms with Gasteiger partial charge in [-0.15, -0.1) is 0 Å². The number of rotatable bonds is 8. The Kier molecular flexibility index (Phi) is 6.43. The van der Waals surface area contributed by atoms with Crippen LogP contribution in [0, 0.1) is 0 Å².